The number of unbranched alkanes of at least 4 members (excludes halogenated alkanes) is 8. The summed E-state index contributed by atoms with van der Waals surface area (Å²) in [5.74, 6) is 0. The average Bonchev–Trinajstić information content (AvgIpc) is 2.27. The molecule has 2 heteroatoms. The van der Waals surface area contributed by atoms with Gasteiger partial charge in [-0.3, -0.25) is 0 Å². The summed E-state index contributed by atoms with van der Waals surface area (Å²) in [6.45, 7) is 4.54. The molecule has 0 nitrogen and oxygen atoms in total. The van der Waals surface area contributed by atoms with Gasteiger partial charge in [-0.15, -0.1) is 0 Å². The van der Waals surface area contributed by atoms with Crippen LogP contribution in [0.3, 0.4) is 0 Å². The molecule has 0 spiro atoms. The van der Waals surface area contributed by atoms with Gasteiger partial charge in [0.25, 0.3) is 0 Å². The summed E-state index contributed by atoms with van der Waals surface area (Å²) < 4.78 is 1.89. The van der Waals surface area contributed by atoms with Gasteiger partial charge in [-0.2, -0.15) is 0 Å². The zero-order valence-electron chi connectivity index (χ0n) is 11.1. The van der Waals surface area contributed by atoms with Gasteiger partial charge in [-0.25, -0.2) is 0 Å². The Balaban J connectivity index is 2.98. The SMILES string of the molecule is CCCCCCCCCCCC(Cl)[I-]CC. The van der Waals surface area contributed by atoms with Crippen molar-refractivity contribution in [3.63, 3.8) is 0 Å². The molecule has 0 amide bonds. The van der Waals surface area contributed by atoms with Crippen molar-refractivity contribution in [3.05, 3.63) is 0 Å². The molecule has 0 aliphatic carbocycles. The Morgan fingerprint density at radius 2 is 1.31 bits per heavy atom. The number of halogens is 2. The van der Waals surface area contributed by atoms with E-state index in [4.69, 9.17) is 11.6 Å². The van der Waals surface area contributed by atoms with Crippen LogP contribution in [0.2, 0.25) is 0 Å². The zero-order valence-corrected chi connectivity index (χ0v) is 14.0. The van der Waals surface area contributed by atoms with E-state index in [2.05, 4.69) is 13.8 Å². The second-order valence-corrected chi connectivity index (χ2v) is 9.60. The van der Waals surface area contributed by atoms with Crippen molar-refractivity contribution >= 4 is 11.6 Å². The topological polar surface area (TPSA) is 0 Å². The van der Waals surface area contributed by atoms with Gasteiger partial charge in [-0.1, -0.05) is 0 Å². The molecule has 1 atom stereocenters. The molecule has 0 saturated heterocycles. The molecule has 0 aliphatic heterocycles. The molecule has 0 aromatic carbocycles. The van der Waals surface area contributed by atoms with Crippen LogP contribution in [-0.4, -0.2) is 7.81 Å². The van der Waals surface area contributed by atoms with Gasteiger partial charge in [0, 0.05) is 0 Å². The first-order chi connectivity index (χ1) is 7.81. The van der Waals surface area contributed by atoms with Crippen LogP contribution in [0.4, 0.5) is 0 Å². The van der Waals surface area contributed by atoms with Crippen molar-refractivity contribution in [2.24, 2.45) is 0 Å². The van der Waals surface area contributed by atoms with Crippen molar-refractivity contribution in [2.75, 3.05) is 4.43 Å². The Labute approximate surface area is 118 Å². The Morgan fingerprint density at radius 1 is 0.812 bits per heavy atom. The quantitative estimate of drug-likeness (QED) is 0.285. The predicted octanol–water partition coefficient (Wildman–Crippen LogP) is 2.58. The number of rotatable bonds is 12. The van der Waals surface area contributed by atoms with Gasteiger partial charge in [0.15, 0.2) is 0 Å². The first kappa shape index (κ1) is 17.0. The van der Waals surface area contributed by atoms with Crippen LogP contribution in [-0.2, 0) is 0 Å². The van der Waals surface area contributed by atoms with Crippen LogP contribution in [0.15, 0.2) is 0 Å². The van der Waals surface area contributed by atoms with Crippen LogP contribution >= 0.6 is 11.6 Å². The van der Waals surface area contributed by atoms with Gasteiger partial charge in [-0.05, 0) is 0 Å². The molecule has 0 rings (SSSR count). The van der Waals surface area contributed by atoms with E-state index in [0.29, 0.717) is 24.6 Å². The van der Waals surface area contributed by atoms with Crippen molar-refractivity contribution < 1.29 is 21.2 Å². The fraction of sp³-hybridized carbons (Fsp3) is 1.00. The van der Waals surface area contributed by atoms with E-state index in [1.807, 2.05) is 0 Å². The van der Waals surface area contributed by atoms with Crippen LogP contribution in [0, 0.1) is 0 Å². The Kier molecular flexibility index (Phi) is 15.0. The van der Waals surface area contributed by atoms with Crippen LogP contribution in [0.1, 0.15) is 78.1 Å². The first-order valence-corrected chi connectivity index (χ1v) is 10.2. The van der Waals surface area contributed by atoms with Gasteiger partial charge < -0.3 is 0 Å². The van der Waals surface area contributed by atoms with Crippen molar-refractivity contribution in [1.82, 2.24) is 0 Å². The van der Waals surface area contributed by atoms with Crippen molar-refractivity contribution in [1.29, 1.82) is 0 Å². The molecule has 16 heavy (non-hydrogen) atoms. The first-order valence-electron chi connectivity index (χ1n) is 7.03. The van der Waals surface area contributed by atoms with E-state index in [0.717, 1.165) is 0 Å². The van der Waals surface area contributed by atoms with Crippen LogP contribution < -0.4 is 21.2 Å². The van der Waals surface area contributed by atoms with Crippen LogP contribution in [0.25, 0.3) is 0 Å². The van der Waals surface area contributed by atoms with E-state index in [-0.39, 0.29) is 0 Å². The van der Waals surface area contributed by atoms with Gasteiger partial charge in [0.1, 0.15) is 0 Å². The molecule has 0 bridgehead atoms. The van der Waals surface area contributed by atoms with Crippen LogP contribution in [0.5, 0.6) is 0 Å². The normalized spacial score (nSPS) is 13.2. The summed E-state index contributed by atoms with van der Waals surface area (Å²) >= 11 is 6.52. The average molecular weight is 360 g/mol. The van der Waals surface area contributed by atoms with Gasteiger partial charge in [0.2, 0.25) is 0 Å². The molecule has 0 fully saturated rings. The molecule has 100 valence electrons. The third-order valence-corrected chi connectivity index (χ3v) is 6.31. The van der Waals surface area contributed by atoms with Crippen molar-refractivity contribution in [2.45, 2.75) is 81.4 Å². The summed E-state index contributed by atoms with van der Waals surface area (Å²) in [6, 6.07) is 0. The van der Waals surface area contributed by atoms with E-state index in [9.17, 15) is 0 Å². The summed E-state index contributed by atoms with van der Waals surface area (Å²) in [5.41, 5.74) is 0. The van der Waals surface area contributed by atoms with E-state index in [1.165, 1.54) is 68.6 Å². The van der Waals surface area contributed by atoms with Crippen molar-refractivity contribution in [3.8, 4) is 0 Å². The van der Waals surface area contributed by atoms with Gasteiger partial charge >= 0.3 is 119 Å². The fourth-order valence-electron chi connectivity index (χ4n) is 1.85. The molecule has 0 saturated carbocycles. The molecule has 0 aromatic rings. The predicted molar refractivity (Wildman–Crippen MR) is 72.0 cm³/mol. The Morgan fingerprint density at radius 3 is 1.81 bits per heavy atom. The third kappa shape index (κ3) is 13.1. The van der Waals surface area contributed by atoms with E-state index in [1.54, 1.807) is 0 Å². The zero-order chi connectivity index (χ0) is 12.1. The maximum absolute atomic E-state index is 6.23. The Bertz CT molecular complexity index is 128. The molecule has 1 unspecified atom stereocenters. The molecular formula is C14H29ClI-. The molecule has 0 heterocycles. The minimum atomic E-state index is 0.294. The summed E-state index contributed by atoms with van der Waals surface area (Å²) in [5, 5.41) is 0. The van der Waals surface area contributed by atoms with E-state index < -0.39 is 0 Å². The monoisotopic (exact) mass is 359 g/mol. The summed E-state index contributed by atoms with van der Waals surface area (Å²) in [6.07, 6.45) is 14.1. The number of hydrogen-bond acceptors (Lipinski definition) is 0. The standard InChI is InChI=1S/C14H29ClI/c1-3-5-6-7-8-9-10-11-12-13-14(15)16-4-2/h14H,3-13H2,1-2H3/q-1. The Hall–Kier alpha value is 1.02. The number of alkyl halides is 3. The fourth-order valence-corrected chi connectivity index (χ4v) is 4.63. The van der Waals surface area contributed by atoms with Gasteiger partial charge in [0.05, 0.1) is 0 Å². The second-order valence-electron chi connectivity index (χ2n) is 4.43. The second kappa shape index (κ2) is 14.1. The molecule has 0 radical (unpaired) electrons. The van der Waals surface area contributed by atoms with E-state index >= 15 is 0 Å². The third-order valence-electron chi connectivity index (χ3n) is 2.85. The summed E-state index contributed by atoms with van der Waals surface area (Å²) in [7, 11) is 0. The molecule has 0 N–H and O–H groups in total. The maximum atomic E-state index is 6.23. The minimum absolute atomic E-state index is 0.294. The molecule has 0 aliphatic rings. The molecular weight excluding hydrogens is 331 g/mol. The summed E-state index contributed by atoms with van der Waals surface area (Å²) in [4.78, 5) is 0. The molecule has 0 aromatic heterocycles. The number of hydrogen-bond donors (Lipinski definition) is 0.